The van der Waals surface area contributed by atoms with Crippen LogP contribution in [0.3, 0.4) is 0 Å². The van der Waals surface area contributed by atoms with Crippen LogP contribution in [0.25, 0.3) is 0 Å². The lowest BCUT2D eigenvalue weighted by Crippen LogP contribution is -2.13. The first-order valence-electron chi connectivity index (χ1n) is 6.31. The second kappa shape index (κ2) is 6.65. The summed E-state index contributed by atoms with van der Waals surface area (Å²) in [5, 5.41) is 19.8. The zero-order valence-corrected chi connectivity index (χ0v) is 11.2. The average molecular weight is 276 g/mol. The summed E-state index contributed by atoms with van der Waals surface area (Å²) in [5.74, 6) is 0.487. The molecule has 1 aromatic carbocycles. The Hall–Kier alpha value is -2.44. The molecule has 2 rings (SSSR count). The Labute approximate surface area is 116 Å². The van der Waals surface area contributed by atoms with Crippen LogP contribution in [0.5, 0.6) is 5.75 Å². The zero-order chi connectivity index (χ0) is 14.4. The van der Waals surface area contributed by atoms with E-state index in [1.807, 2.05) is 31.2 Å². The average Bonchev–Trinajstić information content (AvgIpc) is 2.84. The number of carboxylic acids is 1. The topological polar surface area (TPSA) is 90.1 Å². The molecule has 0 amide bonds. The molecule has 0 bridgehead atoms. The van der Waals surface area contributed by atoms with Gasteiger partial charge in [0.2, 0.25) is 0 Å². The van der Waals surface area contributed by atoms with Gasteiger partial charge in [-0.2, -0.15) is 0 Å². The van der Waals surface area contributed by atoms with Crippen LogP contribution in [0.1, 0.15) is 17.8 Å². The lowest BCUT2D eigenvalue weighted by atomic mass is 10.2. The summed E-state index contributed by atoms with van der Waals surface area (Å²) in [6.07, 6.45) is 0.325. The maximum Gasteiger partial charge on any atom is 0.303 e. The predicted molar refractivity (Wildman–Crippen MR) is 70.4 cm³/mol. The first kappa shape index (κ1) is 14.0. The maximum absolute atomic E-state index is 10.5. The van der Waals surface area contributed by atoms with Gasteiger partial charge in [0.05, 0.1) is 13.0 Å². The number of benzene rings is 1. The van der Waals surface area contributed by atoms with Crippen molar-refractivity contribution in [1.82, 2.24) is 20.2 Å². The van der Waals surface area contributed by atoms with Crippen molar-refractivity contribution in [3.63, 3.8) is 0 Å². The highest BCUT2D eigenvalue weighted by Gasteiger charge is 2.08. The number of aryl methyl sites for hydroxylation is 2. The quantitative estimate of drug-likeness (QED) is 0.813. The van der Waals surface area contributed by atoms with Crippen LogP contribution in [0.2, 0.25) is 0 Å². The van der Waals surface area contributed by atoms with Crippen molar-refractivity contribution < 1.29 is 14.6 Å². The summed E-state index contributed by atoms with van der Waals surface area (Å²) in [7, 11) is 0. The third-order valence-corrected chi connectivity index (χ3v) is 2.73. The number of tetrazole rings is 1. The van der Waals surface area contributed by atoms with Crippen molar-refractivity contribution in [2.24, 2.45) is 0 Å². The first-order chi connectivity index (χ1) is 9.65. The number of hydrogen-bond acceptors (Lipinski definition) is 5. The van der Waals surface area contributed by atoms with Gasteiger partial charge in [0.15, 0.2) is 5.82 Å². The SMILES string of the molecule is Cc1cccc(OCCn2nnnc2CCC(=O)O)c1. The van der Waals surface area contributed by atoms with E-state index in [-0.39, 0.29) is 6.42 Å². The molecule has 20 heavy (non-hydrogen) atoms. The lowest BCUT2D eigenvalue weighted by molar-refractivity contribution is -0.137. The molecule has 0 saturated heterocycles. The van der Waals surface area contributed by atoms with Gasteiger partial charge in [-0.1, -0.05) is 12.1 Å². The standard InChI is InChI=1S/C13H16N4O3/c1-10-3-2-4-11(9-10)20-8-7-17-12(14-15-16-17)5-6-13(18)19/h2-4,9H,5-8H2,1H3,(H,18,19). The highest BCUT2D eigenvalue weighted by atomic mass is 16.5. The number of aliphatic carboxylic acids is 1. The van der Waals surface area contributed by atoms with Gasteiger partial charge in [-0.05, 0) is 35.0 Å². The van der Waals surface area contributed by atoms with Gasteiger partial charge in [-0.25, -0.2) is 4.68 Å². The molecule has 0 unspecified atom stereocenters. The number of carboxylic acid groups (broad SMARTS) is 1. The summed E-state index contributed by atoms with van der Waals surface area (Å²) in [5.41, 5.74) is 1.13. The molecule has 1 heterocycles. The number of aromatic nitrogens is 4. The minimum Gasteiger partial charge on any atom is -0.492 e. The van der Waals surface area contributed by atoms with E-state index in [0.717, 1.165) is 11.3 Å². The van der Waals surface area contributed by atoms with Crippen molar-refractivity contribution in [3.8, 4) is 5.75 Å². The summed E-state index contributed by atoms with van der Waals surface area (Å²) in [6.45, 7) is 2.91. The molecule has 0 aliphatic heterocycles. The van der Waals surface area contributed by atoms with Crippen LogP contribution in [-0.2, 0) is 17.8 Å². The zero-order valence-electron chi connectivity index (χ0n) is 11.2. The summed E-state index contributed by atoms with van der Waals surface area (Å²) in [6, 6.07) is 7.76. The number of nitrogens with zero attached hydrogens (tertiary/aromatic N) is 4. The molecule has 0 saturated carbocycles. The Morgan fingerprint density at radius 3 is 3.05 bits per heavy atom. The molecule has 1 aromatic heterocycles. The van der Waals surface area contributed by atoms with Crippen LogP contribution in [0.4, 0.5) is 0 Å². The van der Waals surface area contributed by atoms with Crippen LogP contribution < -0.4 is 4.74 Å². The molecule has 0 fully saturated rings. The van der Waals surface area contributed by atoms with Crippen molar-refractivity contribution in [1.29, 1.82) is 0 Å². The van der Waals surface area contributed by atoms with Crippen molar-refractivity contribution >= 4 is 5.97 Å². The molecule has 2 aromatic rings. The molecular formula is C13H16N4O3. The number of carbonyl (C=O) groups is 1. The fraction of sp³-hybridized carbons (Fsp3) is 0.385. The third kappa shape index (κ3) is 4.04. The molecule has 0 atom stereocenters. The number of rotatable bonds is 7. The predicted octanol–water partition coefficient (Wildman–Crippen LogP) is 1.08. The van der Waals surface area contributed by atoms with E-state index in [9.17, 15) is 4.79 Å². The smallest absolute Gasteiger partial charge is 0.303 e. The van der Waals surface area contributed by atoms with E-state index in [1.54, 1.807) is 4.68 Å². The van der Waals surface area contributed by atoms with Crippen LogP contribution in [-0.4, -0.2) is 37.9 Å². The van der Waals surface area contributed by atoms with E-state index >= 15 is 0 Å². The van der Waals surface area contributed by atoms with E-state index in [1.165, 1.54) is 0 Å². The second-order valence-corrected chi connectivity index (χ2v) is 4.38. The molecule has 0 radical (unpaired) electrons. The number of hydrogen-bond donors (Lipinski definition) is 1. The largest absolute Gasteiger partial charge is 0.492 e. The van der Waals surface area contributed by atoms with Gasteiger partial charge < -0.3 is 9.84 Å². The normalized spacial score (nSPS) is 10.4. The third-order valence-electron chi connectivity index (χ3n) is 2.73. The molecule has 0 aliphatic carbocycles. The van der Waals surface area contributed by atoms with E-state index < -0.39 is 5.97 Å². The summed E-state index contributed by atoms with van der Waals surface area (Å²) in [4.78, 5) is 10.5. The molecule has 7 nitrogen and oxygen atoms in total. The van der Waals surface area contributed by atoms with Gasteiger partial charge in [-0.15, -0.1) is 5.10 Å². The summed E-state index contributed by atoms with van der Waals surface area (Å²) < 4.78 is 7.18. The van der Waals surface area contributed by atoms with E-state index in [4.69, 9.17) is 9.84 Å². The maximum atomic E-state index is 10.5. The van der Waals surface area contributed by atoms with Crippen LogP contribution >= 0.6 is 0 Å². The summed E-state index contributed by atoms with van der Waals surface area (Å²) >= 11 is 0. The Kier molecular flexibility index (Phi) is 4.65. The minimum atomic E-state index is -0.865. The molecule has 0 aliphatic rings. The van der Waals surface area contributed by atoms with Crippen LogP contribution in [0, 0.1) is 6.92 Å². The van der Waals surface area contributed by atoms with E-state index in [2.05, 4.69) is 15.5 Å². The van der Waals surface area contributed by atoms with Crippen molar-refractivity contribution in [2.45, 2.75) is 26.3 Å². The fourth-order valence-corrected chi connectivity index (χ4v) is 1.75. The van der Waals surface area contributed by atoms with Crippen molar-refractivity contribution in [2.75, 3.05) is 6.61 Å². The molecule has 0 spiro atoms. The van der Waals surface area contributed by atoms with E-state index in [0.29, 0.717) is 25.4 Å². The molecular weight excluding hydrogens is 260 g/mol. The molecule has 1 N–H and O–H groups in total. The van der Waals surface area contributed by atoms with Crippen molar-refractivity contribution in [3.05, 3.63) is 35.7 Å². The molecule has 106 valence electrons. The van der Waals surface area contributed by atoms with Gasteiger partial charge in [0, 0.05) is 6.42 Å². The highest BCUT2D eigenvalue weighted by molar-refractivity contribution is 5.66. The lowest BCUT2D eigenvalue weighted by Gasteiger charge is -2.07. The van der Waals surface area contributed by atoms with Gasteiger partial charge in [0.25, 0.3) is 0 Å². The Morgan fingerprint density at radius 1 is 1.45 bits per heavy atom. The van der Waals surface area contributed by atoms with Gasteiger partial charge >= 0.3 is 5.97 Å². The Morgan fingerprint density at radius 2 is 2.30 bits per heavy atom. The Balaban J connectivity index is 1.85. The monoisotopic (exact) mass is 276 g/mol. The van der Waals surface area contributed by atoms with Gasteiger partial charge in [-0.3, -0.25) is 4.79 Å². The second-order valence-electron chi connectivity index (χ2n) is 4.38. The van der Waals surface area contributed by atoms with Crippen LogP contribution in [0.15, 0.2) is 24.3 Å². The fourth-order valence-electron chi connectivity index (χ4n) is 1.75. The Bertz CT molecular complexity index is 583. The first-order valence-corrected chi connectivity index (χ1v) is 6.31. The van der Waals surface area contributed by atoms with Gasteiger partial charge in [0.1, 0.15) is 12.4 Å². The number of ether oxygens (including phenoxy) is 1. The highest BCUT2D eigenvalue weighted by Crippen LogP contribution is 2.12. The molecule has 7 heteroatoms. The minimum absolute atomic E-state index is 0.0130.